The molecular formula is C49H52N5O10P. The smallest absolute Gasteiger partial charge is 0.351 e. The average Bonchev–Trinajstić information content (AvgIpc) is 3.65. The summed E-state index contributed by atoms with van der Waals surface area (Å²) in [4.78, 5) is 62.0. The first-order valence-electron chi connectivity index (χ1n) is 21.3. The van der Waals surface area contributed by atoms with Gasteiger partial charge in [-0.3, -0.25) is 19.0 Å². The molecule has 4 aromatic carbocycles. The zero-order valence-electron chi connectivity index (χ0n) is 37.3. The Morgan fingerprint density at radius 1 is 0.831 bits per heavy atom. The molecule has 4 heterocycles. The molecule has 0 N–H and O–H groups in total. The number of ether oxygens (including phenoxy) is 4. The first kappa shape index (κ1) is 46.9. The van der Waals surface area contributed by atoms with Crippen LogP contribution in [0.3, 0.4) is 0 Å². The van der Waals surface area contributed by atoms with Gasteiger partial charge in [0.05, 0.1) is 51.4 Å². The van der Waals surface area contributed by atoms with E-state index in [9.17, 15) is 19.6 Å². The van der Waals surface area contributed by atoms with Crippen molar-refractivity contribution in [1.29, 1.82) is 5.26 Å². The van der Waals surface area contributed by atoms with Crippen LogP contribution in [-0.2, 0) is 28.9 Å². The van der Waals surface area contributed by atoms with E-state index in [0.717, 1.165) is 21.6 Å². The molecule has 16 heteroatoms. The van der Waals surface area contributed by atoms with E-state index in [-0.39, 0.29) is 48.7 Å². The molecule has 338 valence electrons. The summed E-state index contributed by atoms with van der Waals surface area (Å²) in [5.74, 6) is -2.37. The lowest BCUT2D eigenvalue weighted by Gasteiger charge is -2.39. The molecule has 0 saturated carbocycles. The maximum atomic E-state index is 15.5. The standard InChI is InChI=1S/C49H52N5O10P/c1-31(2)54(32(3)4)65(62-29-13-27-50)64-45-41(30-61-49(34-14-9-8-10-15-34,35-18-22-37(59-6)23-19-35)36-20-24-38(60-7)25-21-36)63-47-43(45)44(56)39-16-11-12-17-40(39)46(57)53(33(5)55)42-26-28-52(47)48(58)51-42/h8-12,14-26,28,31-32,41,43,45,47H,13,29-30H2,1-7H3/t41-,43-,45-,47-,65?/m1/s1. The molecule has 0 aliphatic carbocycles. The van der Waals surface area contributed by atoms with Crippen LogP contribution in [0.1, 0.15) is 84.7 Å². The zero-order valence-corrected chi connectivity index (χ0v) is 38.2. The number of ketones is 1. The summed E-state index contributed by atoms with van der Waals surface area (Å²) < 4.78 is 42.1. The van der Waals surface area contributed by atoms with Crippen LogP contribution in [0.2, 0.25) is 0 Å². The van der Waals surface area contributed by atoms with Gasteiger partial charge in [0.25, 0.3) is 14.4 Å². The predicted octanol–water partition coefficient (Wildman–Crippen LogP) is 7.83. The van der Waals surface area contributed by atoms with Gasteiger partial charge < -0.3 is 28.0 Å². The minimum absolute atomic E-state index is 0.0116. The Bertz CT molecular complexity index is 2530. The van der Waals surface area contributed by atoms with Gasteiger partial charge in [-0.25, -0.2) is 14.4 Å². The van der Waals surface area contributed by atoms with Crippen LogP contribution in [0.15, 0.2) is 120 Å². The molecule has 1 fully saturated rings. The molecule has 0 radical (unpaired) electrons. The lowest BCUT2D eigenvalue weighted by atomic mass is 9.80. The molecule has 65 heavy (non-hydrogen) atoms. The van der Waals surface area contributed by atoms with Crippen molar-refractivity contribution in [3.05, 3.63) is 154 Å². The van der Waals surface area contributed by atoms with E-state index in [1.807, 2.05) is 111 Å². The molecule has 5 atom stereocenters. The van der Waals surface area contributed by atoms with Gasteiger partial charge in [0, 0.05) is 30.8 Å². The SMILES string of the molecule is COc1ccc(C(OC[C@H]2O[C@@H]3[C@H](C(=O)c4ccccc4C(=O)N(C(C)=O)c4ccn3c(=O)n4)[C@@H]2OP(OCCC#N)N(C(C)C)C(C)C)(c2ccccc2)c2ccc(OC)cc2)cc1. The molecule has 5 aromatic rings. The number of nitrogens with zero attached hydrogens (tertiary/aromatic N) is 5. The van der Waals surface area contributed by atoms with E-state index < -0.39 is 61.8 Å². The third-order valence-electron chi connectivity index (χ3n) is 11.4. The zero-order chi connectivity index (χ0) is 46.4. The van der Waals surface area contributed by atoms with Crippen molar-refractivity contribution in [2.45, 2.75) is 77.2 Å². The van der Waals surface area contributed by atoms with E-state index >= 15 is 4.79 Å². The minimum Gasteiger partial charge on any atom is -0.497 e. The van der Waals surface area contributed by atoms with Crippen molar-refractivity contribution >= 4 is 31.9 Å². The number of benzene rings is 4. The number of Topliss-reactive ketones (excluding diaryl/α,β-unsaturated/α-hetero) is 1. The molecule has 3 aliphatic rings. The average molecular weight is 902 g/mol. The molecule has 1 aromatic heterocycles. The Labute approximate surface area is 379 Å². The molecule has 0 spiro atoms. The molecule has 3 aliphatic heterocycles. The number of imide groups is 1. The van der Waals surface area contributed by atoms with E-state index in [4.69, 9.17) is 28.0 Å². The number of aromatic nitrogens is 2. The van der Waals surface area contributed by atoms with Gasteiger partial charge in [-0.2, -0.15) is 10.2 Å². The second-order valence-corrected chi connectivity index (χ2v) is 17.5. The van der Waals surface area contributed by atoms with Crippen LogP contribution in [-0.4, -0.2) is 83.5 Å². The first-order chi connectivity index (χ1) is 31.3. The second kappa shape index (κ2) is 20.4. The Kier molecular flexibility index (Phi) is 14.7. The third-order valence-corrected chi connectivity index (χ3v) is 13.5. The van der Waals surface area contributed by atoms with E-state index in [1.54, 1.807) is 26.4 Å². The molecule has 1 unspecified atom stereocenters. The van der Waals surface area contributed by atoms with Crippen molar-refractivity contribution in [2.75, 3.05) is 32.3 Å². The molecular weight excluding hydrogens is 850 g/mol. The van der Waals surface area contributed by atoms with Gasteiger partial charge in [0.2, 0.25) is 5.91 Å². The number of methoxy groups -OCH3 is 2. The summed E-state index contributed by atoms with van der Waals surface area (Å²) in [6.07, 6.45) is -2.22. The fourth-order valence-corrected chi connectivity index (χ4v) is 10.3. The third kappa shape index (κ3) is 9.37. The fraction of sp³-hybridized carbons (Fsp3) is 0.347. The van der Waals surface area contributed by atoms with Crippen LogP contribution in [0, 0.1) is 17.2 Å². The van der Waals surface area contributed by atoms with Gasteiger partial charge in [-0.15, -0.1) is 0 Å². The highest BCUT2D eigenvalue weighted by Crippen LogP contribution is 2.53. The van der Waals surface area contributed by atoms with E-state index in [2.05, 4.69) is 11.1 Å². The number of nitriles is 1. The predicted molar refractivity (Wildman–Crippen MR) is 243 cm³/mol. The van der Waals surface area contributed by atoms with Gasteiger partial charge >= 0.3 is 5.69 Å². The van der Waals surface area contributed by atoms with Crippen LogP contribution in [0.4, 0.5) is 5.82 Å². The number of amides is 2. The number of hydrogen-bond acceptors (Lipinski definition) is 13. The molecule has 2 bridgehead atoms. The Morgan fingerprint density at radius 2 is 1.40 bits per heavy atom. The van der Waals surface area contributed by atoms with Crippen LogP contribution in [0.5, 0.6) is 11.5 Å². The molecule has 8 rings (SSSR count). The summed E-state index contributed by atoms with van der Waals surface area (Å²) in [5, 5.41) is 9.54. The highest BCUT2D eigenvalue weighted by atomic mass is 31.2. The lowest BCUT2D eigenvalue weighted by Crippen LogP contribution is -2.43. The van der Waals surface area contributed by atoms with Gasteiger partial charge in [-0.05, 0) is 80.8 Å². The normalized spacial score (nSPS) is 18.9. The fourth-order valence-electron chi connectivity index (χ4n) is 8.51. The largest absolute Gasteiger partial charge is 0.497 e. The quantitative estimate of drug-likeness (QED) is 0.0534. The second-order valence-electron chi connectivity index (χ2n) is 16.1. The topological polar surface area (TPSA) is 172 Å². The number of rotatable bonds is 16. The Hall–Kier alpha value is -6.11. The van der Waals surface area contributed by atoms with Gasteiger partial charge in [-0.1, -0.05) is 72.8 Å². The lowest BCUT2D eigenvalue weighted by molar-refractivity contribution is -0.116. The van der Waals surface area contributed by atoms with Crippen molar-refractivity contribution in [3.8, 4) is 17.6 Å². The summed E-state index contributed by atoms with van der Waals surface area (Å²) in [5.41, 5.74) is -0.0349. The van der Waals surface area contributed by atoms with E-state index in [0.29, 0.717) is 11.5 Å². The van der Waals surface area contributed by atoms with Crippen LogP contribution in [0.25, 0.3) is 0 Å². The van der Waals surface area contributed by atoms with Crippen molar-refractivity contribution < 1.29 is 42.4 Å². The van der Waals surface area contributed by atoms with Crippen molar-refractivity contribution in [2.24, 2.45) is 5.92 Å². The van der Waals surface area contributed by atoms with Crippen molar-refractivity contribution in [1.82, 2.24) is 14.2 Å². The first-order valence-corrected chi connectivity index (χ1v) is 22.4. The van der Waals surface area contributed by atoms with E-state index in [1.165, 1.54) is 35.9 Å². The molecule has 1 saturated heterocycles. The summed E-state index contributed by atoms with van der Waals surface area (Å²) in [6.45, 7) is 8.96. The number of carbonyl (C=O) groups excluding carboxylic acids is 3. The maximum absolute atomic E-state index is 15.5. The summed E-state index contributed by atoms with van der Waals surface area (Å²) in [6, 6.07) is 34.2. The van der Waals surface area contributed by atoms with Gasteiger partial charge in [0.15, 0.2) is 12.0 Å². The minimum atomic E-state index is -2.03. The maximum Gasteiger partial charge on any atom is 0.351 e. The number of fused-ring (bicyclic) bond motifs is 3. The number of hydrogen-bond donors (Lipinski definition) is 0. The Morgan fingerprint density at radius 3 is 1.94 bits per heavy atom. The van der Waals surface area contributed by atoms with Gasteiger partial charge in [0.1, 0.15) is 35.1 Å². The molecule has 15 nitrogen and oxygen atoms in total. The van der Waals surface area contributed by atoms with Crippen LogP contribution < -0.4 is 20.1 Å². The Balaban J connectivity index is 1.44. The monoisotopic (exact) mass is 901 g/mol. The molecule has 2 amide bonds. The van der Waals surface area contributed by atoms with Crippen LogP contribution >= 0.6 is 8.53 Å². The summed E-state index contributed by atoms with van der Waals surface area (Å²) >= 11 is 0. The number of carbonyl (C=O) groups is 3. The number of anilines is 1. The van der Waals surface area contributed by atoms with Crippen molar-refractivity contribution in [3.63, 3.8) is 0 Å². The summed E-state index contributed by atoms with van der Waals surface area (Å²) in [7, 11) is 1.15. The highest BCUT2D eigenvalue weighted by Gasteiger charge is 2.54. The highest BCUT2D eigenvalue weighted by molar-refractivity contribution is 7.44.